The third-order valence-electron chi connectivity index (χ3n) is 5.05. The number of nitrogens with one attached hydrogen (secondary N) is 1. The largest absolute Gasteiger partial charge is 0.476 e. The standard InChI is InChI=1S/C20H16BrF2N5O4/c21-13-6-3-7-14(24-13)25-19(30)18-16(23)11(22)8-27(18)15(29)9-28-12-5-2-1-4-10(12)17(26-28)20(31)32/h1-7,11,16,18H,8-9H2,(H,31,32)(H,24,25,30)/t11-,16-,18-/m0/s1. The lowest BCUT2D eigenvalue weighted by molar-refractivity contribution is -0.138. The third kappa shape index (κ3) is 4.05. The number of nitrogens with zero attached hydrogens (tertiary/aromatic N) is 4. The number of hydrogen-bond acceptors (Lipinski definition) is 5. The molecular weight excluding hydrogens is 492 g/mol. The minimum atomic E-state index is -2.23. The van der Waals surface area contributed by atoms with Gasteiger partial charge in [-0.05, 0) is 34.1 Å². The van der Waals surface area contributed by atoms with Gasteiger partial charge >= 0.3 is 5.97 Å². The van der Waals surface area contributed by atoms with E-state index >= 15 is 0 Å². The molecule has 2 amide bonds. The van der Waals surface area contributed by atoms with Gasteiger partial charge in [0.2, 0.25) is 5.91 Å². The topological polar surface area (TPSA) is 117 Å². The van der Waals surface area contributed by atoms with Crippen LogP contribution in [-0.2, 0) is 16.1 Å². The van der Waals surface area contributed by atoms with Crippen LogP contribution in [0.5, 0.6) is 0 Å². The number of benzene rings is 1. The molecule has 3 heterocycles. The van der Waals surface area contributed by atoms with Crippen molar-refractivity contribution >= 4 is 50.4 Å². The monoisotopic (exact) mass is 507 g/mol. The van der Waals surface area contributed by atoms with Gasteiger partial charge in [-0.1, -0.05) is 24.3 Å². The number of aromatic nitrogens is 3. The summed E-state index contributed by atoms with van der Waals surface area (Å²) in [7, 11) is 0. The fraction of sp³-hybridized carbons (Fsp3) is 0.250. The molecule has 0 radical (unpaired) electrons. The molecule has 0 saturated carbocycles. The van der Waals surface area contributed by atoms with Crippen LogP contribution in [0.4, 0.5) is 14.6 Å². The number of pyridine rings is 1. The Bertz CT molecular complexity index is 1220. The highest BCUT2D eigenvalue weighted by atomic mass is 79.9. The Morgan fingerprint density at radius 3 is 2.62 bits per heavy atom. The number of likely N-dealkylation sites (tertiary alicyclic amines) is 1. The zero-order chi connectivity index (χ0) is 23.0. The number of alkyl halides is 2. The number of fused-ring (bicyclic) bond motifs is 1. The SMILES string of the molecule is O=C(O)c1nn(CC(=O)N2C[C@H](F)[C@H](F)[C@H]2C(=O)Nc2cccc(Br)n2)c2ccccc12. The quantitative estimate of drug-likeness (QED) is 0.512. The second-order valence-corrected chi connectivity index (χ2v) is 7.93. The molecule has 0 bridgehead atoms. The smallest absolute Gasteiger partial charge is 0.357 e. The normalized spacial score (nSPS) is 20.5. The molecule has 2 aromatic heterocycles. The highest BCUT2D eigenvalue weighted by Gasteiger charge is 2.49. The van der Waals surface area contributed by atoms with Crippen molar-refractivity contribution < 1.29 is 28.3 Å². The fourth-order valence-electron chi connectivity index (χ4n) is 3.62. The Labute approximate surface area is 188 Å². The minimum Gasteiger partial charge on any atom is -0.476 e. The average molecular weight is 508 g/mol. The predicted molar refractivity (Wildman–Crippen MR) is 113 cm³/mol. The van der Waals surface area contributed by atoms with Gasteiger partial charge in [-0.25, -0.2) is 18.6 Å². The Morgan fingerprint density at radius 1 is 1.16 bits per heavy atom. The molecule has 2 N–H and O–H groups in total. The lowest BCUT2D eigenvalue weighted by Gasteiger charge is -2.24. The van der Waals surface area contributed by atoms with Crippen LogP contribution >= 0.6 is 15.9 Å². The van der Waals surface area contributed by atoms with E-state index in [4.69, 9.17) is 0 Å². The first-order chi connectivity index (χ1) is 15.3. The molecule has 12 heteroatoms. The van der Waals surface area contributed by atoms with Crippen LogP contribution < -0.4 is 5.32 Å². The van der Waals surface area contributed by atoms with Crippen LogP contribution in [0.1, 0.15) is 10.5 Å². The van der Waals surface area contributed by atoms with Gasteiger partial charge in [0.15, 0.2) is 18.0 Å². The molecule has 0 aliphatic carbocycles. The zero-order valence-corrected chi connectivity index (χ0v) is 17.9. The summed E-state index contributed by atoms with van der Waals surface area (Å²) in [4.78, 5) is 41.9. The molecule has 4 rings (SSSR count). The number of carboxylic acids is 1. The molecule has 0 unspecified atom stereocenters. The molecule has 1 aromatic carbocycles. The van der Waals surface area contributed by atoms with Crippen LogP contribution in [0, 0.1) is 0 Å². The number of hydrogen-bond donors (Lipinski definition) is 2. The van der Waals surface area contributed by atoms with Gasteiger partial charge in [0, 0.05) is 5.39 Å². The number of amides is 2. The van der Waals surface area contributed by atoms with Gasteiger partial charge in [0.25, 0.3) is 5.91 Å². The summed E-state index contributed by atoms with van der Waals surface area (Å²) in [6, 6.07) is 9.36. The lowest BCUT2D eigenvalue weighted by Crippen LogP contribution is -2.48. The summed E-state index contributed by atoms with van der Waals surface area (Å²) in [5.74, 6) is -2.87. The van der Waals surface area contributed by atoms with Crippen molar-refractivity contribution in [1.29, 1.82) is 0 Å². The molecular formula is C20H16BrF2N5O4. The maximum absolute atomic E-state index is 14.6. The number of para-hydroxylation sites is 1. The number of anilines is 1. The van der Waals surface area contributed by atoms with Crippen LogP contribution in [-0.4, -0.2) is 67.5 Å². The van der Waals surface area contributed by atoms with Crippen LogP contribution in [0.25, 0.3) is 10.9 Å². The van der Waals surface area contributed by atoms with Gasteiger partial charge in [0.1, 0.15) is 23.0 Å². The van der Waals surface area contributed by atoms with Crippen molar-refractivity contribution in [2.24, 2.45) is 0 Å². The fourth-order valence-corrected chi connectivity index (χ4v) is 3.96. The first-order valence-corrected chi connectivity index (χ1v) is 10.3. The summed E-state index contributed by atoms with van der Waals surface area (Å²) in [5.41, 5.74) is 0.113. The Morgan fingerprint density at radius 2 is 1.91 bits per heavy atom. The lowest BCUT2D eigenvalue weighted by atomic mass is 10.1. The first kappa shape index (κ1) is 21.8. The maximum atomic E-state index is 14.6. The van der Waals surface area contributed by atoms with E-state index in [0.29, 0.717) is 15.5 Å². The zero-order valence-electron chi connectivity index (χ0n) is 16.3. The van der Waals surface area contributed by atoms with E-state index in [0.717, 1.165) is 9.58 Å². The molecule has 9 nitrogen and oxygen atoms in total. The van der Waals surface area contributed by atoms with Crippen molar-refractivity contribution in [3.63, 3.8) is 0 Å². The van der Waals surface area contributed by atoms with Crippen LogP contribution in [0.3, 0.4) is 0 Å². The number of rotatable bonds is 5. The maximum Gasteiger partial charge on any atom is 0.357 e. The number of carbonyl (C=O) groups is 3. The summed E-state index contributed by atoms with van der Waals surface area (Å²) < 4.78 is 30.3. The molecule has 3 aromatic rings. The molecule has 1 saturated heterocycles. The Hall–Kier alpha value is -3.41. The highest BCUT2D eigenvalue weighted by molar-refractivity contribution is 9.10. The molecule has 32 heavy (non-hydrogen) atoms. The number of aromatic carboxylic acids is 1. The van der Waals surface area contributed by atoms with E-state index in [1.54, 1.807) is 36.4 Å². The van der Waals surface area contributed by atoms with E-state index in [9.17, 15) is 28.3 Å². The van der Waals surface area contributed by atoms with E-state index in [1.807, 2.05) is 0 Å². The molecule has 1 aliphatic heterocycles. The second kappa shape index (κ2) is 8.61. The second-order valence-electron chi connectivity index (χ2n) is 7.11. The predicted octanol–water partition coefficient (Wildman–Crippen LogP) is 2.42. The minimum absolute atomic E-state index is 0.107. The summed E-state index contributed by atoms with van der Waals surface area (Å²) in [5, 5.41) is 16.0. The highest BCUT2D eigenvalue weighted by Crippen LogP contribution is 2.27. The van der Waals surface area contributed by atoms with Crippen molar-refractivity contribution in [3.05, 3.63) is 52.8 Å². The van der Waals surface area contributed by atoms with Gasteiger partial charge in [0.05, 0.1) is 12.1 Å². The third-order valence-corrected chi connectivity index (χ3v) is 5.50. The van der Waals surface area contributed by atoms with Gasteiger partial charge in [-0.3, -0.25) is 14.3 Å². The molecule has 1 fully saturated rings. The van der Waals surface area contributed by atoms with Crippen LogP contribution in [0.2, 0.25) is 0 Å². The van der Waals surface area contributed by atoms with Crippen molar-refractivity contribution in [2.45, 2.75) is 24.9 Å². The van der Waals surface area contributed by atoms with E-state index in [-0.39, 0.29) is 11.5 Å². The first-order valence-electron chi connectivity index (χ1n) is 9.46. The van der Waals surface area contributed by atoms with Crippen molar-refractivity contribution in [1.82, 2.24) is 19.7 Å². The van der Waals surface area contributed by atoms with E-state index in [1.165, 1.54) is 6.07 Å². The Balaban J connectivity index is 1.59. The van der Waals surface area contributed by atoms with E-state index < -0.39 is 49.3 Å². The summed E-state index contributed by atoms with van der Waals surface area (Å²) >= 11 is 3.15. The average Bonchev–Trinajstić information content (AvgIpc) is 3.26. The number of carboxylic acid groups (broad SMARTS) is 1. The van der Waals surface area contributed by atoms with Gasteiger partial charge in [-0.15, -0.1) is 0 Å². The summed E-state index contributed by atoms with van der Waals surface area (Å²) in [6.45, 7) is -1.11. The van der Waals surface area contributed by atoms with Gasteiger partial charge < -0.3 is 15.3 Å². The number of carbonyl (C=O) groups excluding carboxylic acids is 2. The molecule has 166 valence electrons. The molecule has 0 spiro atoms. The van der Waals surface area contributed by atoms with Crippen molar-refractivity contribution in [2.75, 3.05) is 11.9 Å². The molecule has 1 aliphatic rings. The van der Waals surface area contributed by atoms with Crippen molar-refractivity contribution in [3.8, 4) is 0 Å². The van der Waals surface area contributed by atoms with Gasteiger partial charge in [-0.2, -0.15) is 5.10 Å². The van der Waals surface area contributed by atoms with E-state index in [2.05, 4.69) is 31.3 Å². The summed E-state index contributed by atoms with van der Waals surface area (Å²) in [6.07, 6.45) is -4.27. The molecule has 3 atom stereocenters. The number of halogens is 3. The van der Waals surface area contributed by atoms with Crippen LogP contribution in [0.15, 0.2) is 47.1 Å². The Kier molecular flexibility index (Phi) is 5.87.